The molecule has 0 fully saturated rings. The Balaban J connectivity index is 1.88. The van der Waals surface area contributed by atoms with Crippen molar-refractivity contribution in [3.05, 3.63) is 59.7 Å². The molecule has 0 spiro atoms. The Hall–Kier alpha value is -3.28. The van der Waals surface area contributed by atoms with Gasteiger partial charge in [0, 0.05) is 29.5 Å². The molecule has 3 aromatic rings. The number of aromatic nitrogens is 2. The maximum atomic E-state index is 12.2. The summed E-state index contributed by atoms with van der Waals surface area (Å²) in [7, 11) is 3.24. The first-order valence-electron chi connectivity index (χ1n) is 8.36. The molecular weight excluding hydrogens is 330 g/mol. The van der Waals surface area contributed by atoms with Gasteiger partial charge in [-0.05, 0) is 11.6 Å². The molecule has 0 radical (unpaired) electrons. The third-order valence-corrected chi connectivity index (χ3v) is 4.68. The molecule has 6 heteroatoms. The standard InChI is InChI=1S/C20H19N3O3/c1-25-13-8-9-14(16(10-13)26-2)15-11-17(24)21-20-18(15)19(22-23-20)12-6-4-3-5-7-12/h3-10,15H,11H2,1-2H3,(H2,21,22,23,24)/t15-/m0/s1. The minimum Gasteiger partial charge on any atom is -0.497 e. The van der Waals surface area contributed by atoms with E-state index in [1.807, 2.05) is 48.5 Å². The van der Waals surface area contributed by atoms with Crippen molar-refractivity contribution in [2.45, 2.75) is 12.3 Å². The number of carbonyl (C=O) groups excluding carboxylic acids is 1. The SMILES string of the molecule is COc1ccc([C@@H]2CC(=O)Nc3n[nH]c(-c4ccccc4)c32)c(OC)c1. The summed E-state index contributed by atoms with van der Waals surface area (Å²) in [6.45, 7) is 0. The Kier molecular flexibility index (Phi) is 4.08. The van der Waals surface area contributed by atoms with Crippen molar-refractivity contribution in [1.82, 2.24) is 10.2 Å². The molecule has 4 rings (SSSR count). The molecule has 132 valence electrons. The molecule has 2 N–H and O–H groups in total. The number of methoxy groups -OCH3 is 2. The van der Waals surface area contributed by atoms with Gasteiger partial charge in [0.05, 0.1) is 19.9 Å². The summed E-state index contributed by atoms with van der Waals surface area (Å²) in [4.78, 5) is 12.2. The number of anilines is 1. The molecule has 1 aromatic heterocycles. The third kappa shape index (κ3) is 2.69. The number of nitrogens with zero attached hydrogens (tertiary/aromatic N) is 1. The zero-order valence-electron chi connectivity index (χ0n) is 14.6. The van der Waals surface area contributed by atoms with Gasteiger partial charge in [0.15, 0.2) is 5.82 Å². The summed E-state index contributed by atoms with van der Waals surface area (Å²) in [5, 5.41) is 10.3. The molecule has 1 aliphatic rings. The summed E-state index contributed by atoms with van der Waals surface area (Å²) in [6, 6.07) is 15.6. The van der Waals surface area contributed by atoms with E-state index in [-0.39, 0.29) is 11.8 Å². The molecule has 2 heterocycles. The predicted octanol–water partition coefficient (Wildman–Crippen LogP) is 3.57. The van der Waals surface area contributed by atoms with Gasteiger partial charge >= 0.3 is 0 Å². The topological polar surface area (TPSA) is 76.2 Å². The quantitative estimate of drug-likeness (QED) is 0.755. The summed E-state index contributed by atoms with van der Waals surface area (Å²) in [5.41, 5.74) is 3.83. The Morgan fingerprint density at radius 2 is 1.88 bits per heavy atom. The molecule has 6 nitrogen and oxygen atoms in total. The van der Waals surface area contributed by atoms with E-state index in [4.69, 9.17) is 9.47 Å². The Labute approximate surface area is 151 Å². The number of amides is 1. The molecule has 0 unspecified atom stereocenters. The normalized spacial score (nSPS) is 15.9. The molecule has 26 heavy (non-hydrogen) atoms. The van der Waals surface area contributed by atoms with Crippen molar-refractivity contribution in [2.75, 3.05) is 19.5 Å². The van der Waals surface area contributed by atoms with Crippen LogP contribution < -0.4 is 14.8 Å². The number of aromatic amines is 1. The predicted molar refractivity (Wildman–Crippen MR) is 98.7 cm³/mol. The van der Waals surface area contributed by atoms with Crippen LogP contribution in [0.1, 0.15) is 23.5 Å². The first kappa shape index (κ1) is 16.2. The van der Waals surface area contributed by atoms with E-state index in [1.54, 1.807) is 14.2 Å². The number of hydrogen-bond acceptors (Lipinski definition) is 4. The van der Waals surface area contributed by atoms with E-state index in [2.05, 4.69) is 15.5 Å². The second-order valence-electron chi connectivity index (χ2n) is 6.14. The molecule has 0 bridgehead atoms. The average molecular weight is 349 g/mol. The lowest BCUT2D eigenvalue weighted by atomic mass is 9.84. The fourth-order valence-corrected chi connectivity index (χ4v) is 3.45. The van der Waals surface area contributed by atoms with E-state index in [0.29, 0.717) is 23.7 Å². The smallest absolute Gasteiger partial charge is 0.226 e. The Morgan fingerprint density at radius 1 is 1.08 bits per heavy atom. The van der Waals surface area contributed by atoms with Gasteiger partial charge < -0.3 is 14.8 Å². The van der Waals surface area contributed by atoms with Crippen LogP contribution in [0.5, 0.6) is 11.5 Å². The lowest BCUT2D eigenvalue weighted by Crippen LogP contribution is -2.23. The summed E-state index contributed by atoms with van der Waals surface area (Å²) >= 11 is 0. The second kappa shape index (κ2) is 6.55. The number of carbonyl (C=O) groups is 1. The van der Waals surface area contributed by atoms with Gasteiger partial charge in [-0.1, -0.05) is 36.4 Å². The molecular formula is C20H19N3O3. The summed E-state index contributed by atoms with van der Waals surface area (Å²) in [5.74, 6) is 1.75. The fraction of sp³-hybridized carbons (Fsp3) is 0.200. The zero-order chi connectivity index (χ0) is 18.1. The number of nitrogens with one attached hydrogen (secondary N) is 2. The maximum Gasteiger partial charge on any atom is 0.226 e. The van der Waals surface area contributed by atoms with Gasteiger partial charge in [0.1, 0.15) is 11.5 Å². The number of benzene rings is 2. The van der Waals surface area contributed by atoms with Crippen LogP contribution >= 0.6 is 0 Å². The van der Waals surface area contributed by atoms with Crippen LogP contribution in [-0.2, 0) is 4.79 Å². The molecule has 1 aliphatic heterocycles. The Morgan fingerprint density at radius 3 is 2.62 bits per heavy atom. The van der Waals surface area contributed by atoms with Crippen LogP contribution in [0.25, 0.3) is 11.3 Å². The van der Waals surface area contributed by atoms with Gasteiger partial charge in [-0.15, -0.1) is 0 Å². The van der Waals surface area contributed by atoms with Crippen molar-refractivity contribution in [3.8, 4) is 22.8 Å². The van der Waals surface area contributed by atoms with Crippen molar-refractivity contribution >= 4 is 11.7 Å². The first-order chi connectivity index (χ1) is 12.7. The number of H-pyrrole nitrogens is 1. The van der Waals surface area contributed by atoms with Crippen molar-refractivity contribution in [3.63, 3.8) is 0 Å². The minimum atomic E-state index is -0.159. The fourth-order valence-electron chi connectivity index (χ4n) is 3.45. The van der Waals surface area contributed by atoms with Crippen LogP contribution in [0.15, 0.2) is 48.5 Å². The molecule has 2 aromatic carbocycles. The maximum absolute atomic E-state index is 12.2. The van der Waals surface area contributed by atoms with E-state index in [0.717, 1.165) is 22.4 Å². The van der Waals surface area contributed by atoms with Gasteiger partial charge in [-0.25, -0.2) is 0 Å². The highest BCUT2D eigenvalue weighted by Crippen LogP contribution is 2.44. The second-order valence-corrected chi connectivity index (χ2v) is 6.14. The number of rotatable bonds is 4. The molecule has 1 amide bonds. The summed E-state index contributed by atoms with van der Waals surface area (Å²) < 4.78 is 10.9. The van der Waals surface area contributed by atoms with Crippen LogP contribution in [-0.4, -0.2) is 30.3 Å². The van der Waals surface area contributed by atoms with Crippen LogP contribution in [0.2, 0.25) is 0 Å². The highest BCUT2D eigenvalue weighted by Gasteiger charge is 2.33. The van der Waals surface area contributed by atoms with Crippen molar-refractivity contribution in [2.24, 2.45) is 0 Å². The van der Waals surface area contributed by atoms with Gasteiger partial charge in [-0.2, -0.15) is 5.10 Å². The first-order valence-corrected chi connectivity index (χ1v) is 8.36. The van der Waals surface area contributed by atoms with E-state index >= 15 is 0 Å². The van der Waals surface area contributed by atoms with Crippen molar-refractivity contribution in [1.29, 1.82) is 0 Å². The third-order valence-electron chi connectivity index (χ3n) is 4.68. The molecule has 0 saturated heterocycles. The average Bonchev–Trinajstić information content (AvgIpc) is 3.11. The number of hydrogen-bond donors (Lipinski definition) is 2. The molecule has 1 atom stereocenters. The number of fused-ring (bicyclic) bond motifs is 1. The van der Waals surface area contributed by atoms with Crippen molar-refractivity contribution < 1.29 is 14.3 Å². The minimum absolute atomic E-state index is 0.0634. The van der Waals surface area contributed by atoms with Crippen LogP contribution in [0.4, 0.5) is 5.82 Å². The highest BCUT2D eigenvalue weighted by molar-refractivity contribution is 5.96. The zero-order valence-corrected chi connectivity index (χ0v) is 14.6. The van der Waals surface area contributed by atoms with Gasteiger partial charge in [0.2, 0.25) is 5.91 Å². The summed E-state index contributed by atoms with van der Waals surface area (Å²) in [6.07, 6.45) is 0.328. The Bertz CT molecular complexity index is 950. The van der Waals surface area contributed by atoms with Gasteiger partial charge in [0.25, 0.3) is 0 Å². The van der Waals surface area contributed by atoms with Crippen LogP contribution in [0, 0.1) is 0 Å². The van der Waals surface area contributed by atoms with Crippen LogP contribution in [0.3, 0.4) is 0 Å². The van der Waals surface area contributed by atoms with Gasteiger partial charge in [-0.3, -0.25) is 9.89 Å². The largest absolute Gasteiger partial charge is 0.497 e. The lowest BCUT2D eigenvalue weighted by molar-refractivity contribution is -0.116. The van der Waals surface area contributed by atoms with E-state index in [1.165, 1.54) is 0 Å². The highest BCUT2D eigenvalue weighted by atomic mass is 16.5. The molecule has 0 saturated carbocycles. The van der Waals surface area contributed by atoms with E-state index < -0.39 is 0 Å². The molecule has 0 aliphatic carbocycles. The van der Waals surface area contributed by atoms with E-state index in [9.17, 15) is 4.79 Å². The number of ether oxygens (including phenoxy) is 2. The lowest BCUT2D eigenvalue weighted by Gasteiger charge is -2.25. The monoisotopic (exact) mass is 349 g/mol.